The topological polar surface area (TPSA) is 33.5 Å². The number of carbonyl (C=O) groups excluding carboxylic acids is 1. The summed E-state index contributed by atoms with van der Waals surface area (Å²) < 4.78 is 5.49. The van der Waals surface area contributed by atoms with Gasteiger partial charge in [-0.2, -0.15) is 0 Å². The van der Waals surface area contributed by atoms with Crippen LogP contribution in [0.4, 0.5) is 0 Å². The third-order valence-corrected chi connectivity index (χ3v) is 3.60. The maximum Gasteiger partial charge on any atom is 0.185 e. The summed E-state index contributed by atoms with van der Waals surface area (Å²) in [5.41, 5.74) is 0. The van der Waals surface area contributed by atoms with Crippen LogP contribution in [-0.4, -0.2) is 23.8 Å². The van der Waals surface area contributed by atoms with Crippen LogP contribution in [0, 0.1) is 5.92 Å². The van der Waals surface area contributed by atoms with E-state index in [0.29, 0.717) is 17.7 Å². The molecule has 1 aromatic rings. The smallest absolute Gasteiger partial charge is 0.185 e. The summed E-state index contributed by atoms with van der Waals surface area (Å²) in [4.78, 5) is 13.2. The molecule has 0 unspecified atom stereocenters. The molecular formula is C15H23NO2. The van der Waals surface area contributed by atoms with Crippen LogP contribution >= 0.6 is 0 Å². The largest absolute Gasteiger partial charge is 0.457 e. The first kappa shape index (κ1) is 13.3. The lowest BCUT2D eigenvalue weighted by atomic mass is 10.1. The van der Waals surface area contributed by atoms with E-state index in [1.54, 1.807) is 6.07 Å². The van der Waals surface area contributed by atoms with Gasteiger partial charge in [0.2, 0.25) is 0 Å². The quantitative estimate of drug-likeness (QED) is 0.724. The number of hydrogen-bond acceptors (Lipinski definition) is 3. The van der Waals surface area contributed by atoms with Crippen molar-refractivity contribution in [1.82, 2.24) is 4.90 Å². The van der Waals surface area contributed by atoms with Gasteiger partial charge in [-0.3, -0.25) is 9.69 Å². The van der Waals surface area contributed by atoms with Crippen LogP contribution in [-0.2, 0) is 6.54 Å². The van der Waals surface area contributed by atoms with Crippen molar-refractivity contribution in [3.05, 3.63) is 23.7 Å². The van der Waals surface area contributed by atoms with E-state index in [0.717, 1.165) is 25.1 Å². The minimum absolute atomic E-state index is 0.431. The number of furan rings is 1. The second-order valence-electron chi connectivity index (χ2n) is 5.68. The Labute approximate surface area is 109 Å². The van der Waals surface area contributed by atoms with Crippen molar-refractivity contribution in [2.75, 3.05) is 6.54 Å². The highest BCUT2D eigenvalue weighted by atomic mass is 16.3. The summed E-state index contributed by atoms with van der Waals surface area (Å²) in [6.45, 7) is 6.43. The number of nitrogens with zero attached hydrogens (tertiary/aromatic N) is 1. The summed E-state index contributed by atoms with van der Waals surface area (Å²) in [6, 6.07) is 4.37. The highest BCUT2D eigenvalue weighted by Gasteiger charge is 2.24. The zero-order valence-electron chi connectivity index (χ0n) is 11.4. The predicted octanol–water partition coefficient (Wildman–Crippen LogP) is 3.49. The van der Waals surface area contributed by atoms with Crippen LogP contribution in [0.2, 0.25) is 0 Å². The molecule has 1 saturated carbocycles. The molecule has 0 radical (unpaired) electrons. The number of aldehydes is 1. The van der Waals surface area contributed by atoms with E-state index in [4.69, 9.17) is 4.42 Å². The second kappa shape index (κ2) is 6.19. The van der Waals surface area contributed by atoms with Gasteiger partial charge in [0.25, 0.3) is 0 Å². The Balaban J connectivity index is 2.01. The average Bonchev–Trinajstić information content (AvgIpc) is 2.98. The van der Waals surface area contributed by atoms with E-state index in [9.17, 15) is 4.79 Å². The van der Waals surface area contributed by atoms with E-state index in [1.807, 2.05) is 6.07 Å². The summed E-state index contributed by atoms with van der Waals surface area (Å²) in [7, 11) is 0. The molecule has 0 aliphatic heterocycles. The lowest BCUT2D eigenvalue weighted by Crippen LogP contribution is -2.35. The molecule has 1 aliphatic carbocycles. The number of rotatable bonds is 6. The highest BCUT2D eigenvalue weighted by molar-refractivity contribution is 5.70. The molecule has 0 aromatic carbocycles. The zero-order chi connectivity index (χ0) is 13.0. The van der Waals surface area contributed by atoms with E-state index >= 15 is 0 Å². The SMILES string of the molecule is CC(C)CN(Cc1ccc(C=O)o1)C1CCCC1. The van der Waals surface area contributed by atoms with Crippen LogP contribution < -0.4 is 0 Å². The minimum atomic E-state index is 0.431. The van der Waals surface area contributed by atoms with Crippen LogP contribution in [0.5, 0.6) is 0 Å². The first-order valence-electron chi connectivity index (χ1n) is 6.97. The first-order chi connectivity index (χ1) is 8.69. The van der Waals surface area contributed by atoms with Crippen molar-refractivity contribution in [2.45, 2.75) is 52.1 Å². The molecule has 1 aromatic heterocycles. The number of carbonyl (C=O) groups is 1. The molecule has 3 nitrogen and oxygen atoms in total. The van der Waals surface area contributed by atoms with E-state index in [2.05, 4.69) is 18.7 Å². The molecule has 0 saturated heterocycles. The zero-order valence-corrected chi connectivity index (χ0v) is 11.4. The highest BCUT2D eigenvalue weighted by Crippen LogP contribution is 2.26. The fraction of sp³-hybridized carbons (Fsp3) is 0.667. The Bertz CT molecular complexity index is 378. The van der Waals surface area contributed by atoms with Crippen molar-refractivity contribution in [2.24, 2.45) is 5.92 Å². The normalized spacial score (nSPS) is 16.9. The predicted molar refractivity (Wildman–Crippen MR) is 71.6 cm³/mol. The lowest BCUT2D eigenvalue weighted by molar-refractivity contribution is 0.109. The van der Waals surface area contributed by atoms with Gasteiger partial charge < -0.3 is 4.42 Å². The maximum absolute atomic E-state index is 10.6. The van der Waals surface area contributed by atoms with Gasteiger partial charge in [0.15, 0.2) is 12.0 Å². The Morgan fingerprint density at radius 2 is 2.11 bits per heavy atom. The average molecular weight is 249 g/mol. The van der Waals surface area contributed by atoms with Crippen LogP contribution in [0.25, 0.3) is 0 Å². The maximum atomic E-state index is 10.6. The number of hydrogen-bond donors (Lipinski definition) is 0. The van der Waals surface area contributed by atoms with Crippen LogP contribution in [0.3, 0.4) is 0 Å². The monoisotopic (exact) mass is 249 g/mol. The van der Waals surface area contributed by atoms with Gasteiger partial charge >= 0.3 is 0 Å². The standard InChI is InChI=1S/C15H23NO2/c1-12(2)9-16(13-5-3-4-6-13)10-14-7-8-15(11-17)18-14/h7-8,11-13H,3-6,9-10H2,1-2H3. The molecule has 100 valence electrons. The molecule has 1 aliphatic rings. The molecular weight excluding hydrogens is 226 g/mol. The second-order valence-corrected chi connectivity index (χ2v) is 5.68. The minimum Gasteiger partial charge on any atom is -0.457 e. The van der Waals surface area contributed by atoms with Crippen molar-refractivity contribution < 1.29 is 9.21 Å². The van der Waals surface area contributed by atoms with Gasteiger partial charge in [0.1, 0.15) is 5.76 Å². The Morgan fingerprint density at radius 1 is 1.39 bits per heavy atom. The van der Waals surface area contributed by atoms with Crippen molar-refractivity contribution >= 4 is 6.29 Å². The Morgan fingerprint density at radius 3 is 2.67 bits per heavy atom. The van der Waals surface area contributed by atoms with Gasteiger partial charge in [-0.05, 0) is 30.9 Å². The van der Waals surface area contributed by atoms with Gasteiger partial charge in [-0.25, -0.2) is 0 Å². The molecule has 2 rings (SSSR count). The molecule has 0 spiro atoms. The van der Waals surface area contributed by atoms with E-state index in [1.165, 1.54) is 25.7 Å². The van der Waals surface area contributed by atoms with Gasteiger partial charge in [0.05, 0.1) is 6.54 Å². The van der Waals surface area contributed by atoms with Gasteiger partial charge in [-0.15, -0.1) is 0 Å². The fourth-order valence-corrected chi connectivity index (χ4v) is 2.82. The first-order valence-corrected chi connectivity index (χ1v) is 6.97. The van der Waals surface area contributed by atoms with E-state index < -0.39 is 0 Å². The van der Waals surface area contributed by atoms with Gasteiger partial charge in [0, 0.05) is 12.6 Å². The van der Waals surface area contributed by atoms with Crippen LogP contribution in [0.1, 0.15) is 55.8 Å². The van der Waals surface area contributed by atoms with Crippen molar-refractivity contribution in [3.63, 3.8) is 0 Å². The molecule has 18 heavy (non-hydrogen) atoms. The van der Waals surface area contributed by atoms with E-state index in [-0.39, 0.29) is 0 Å². The summed E-state index contributed by atoms with van der Waals surface area (Å²) >= 11 is 0. The summed E-state index contributed by atoms with van der Waals surface area (Å²) in [5.74, 6) is 2.00. The molecule has 0 bridgehead atoms. The molecule has 3 heteroatoms. The molecule has 0 atom stereocenters. The third-order valence-electron chi connectivity index (χ3n) is 3.60. The molecule has 0 amide bonds. The lowest BCUT2D eigenvalue weighted by Gasteiger charge is -2.29. The summed E-state index contributed by atoms with van der Waals surface area (Å²) in [6.07, 6.45) is 6.06. The van der Waals surface area contributed by atoms with Crippen molar-refractivity contribution in [3.8, 4) is 0 Å². The molecule has 1 heterocycles. The summed E-state index contributed by atoms with van der Waals surface area (Å²) in [5, 5.41) is 0. The Kier molecular flexibility index (Phi) is 4.59. The Hall–Kier alpha value is -1.09. The molecule has 1 fully saturated rings. The van der Waals surface area contributed by atoms with Crippen LogP contribution in [0.15, 0.2) is 16.5 Å². The molecule has 0 N–H and O–H groups in total. The fourth-order valence-electron chi connectivity index (χ4n) is 2.82. The van der Waals surface area contributed by atoms with Gasteiger partial charge in [-0.1, -0.05) is 26.7 Å². The van der Waals surface area contributed by atoms with Crippen molar-refractivity contribution in [1.29, 1.82) is 0 Å². The third kappa shape index (κ3) is 3.45.